The van der Waals surface area contributed by atoms with Gasteiger partial charge in [-0.2, -0.15) is 0 Å². The number of morpholine rings is 1. The minimum Gasteiger partial charge on any atom is -0.387 e. The SMILES string of the molecule is Cc1cccc(C(O)CN2CC(C)(C)OC(C)(C)C2)c1. The molecule has 20 heavy (non-hydrogen) atoms. The van der Waals surface area contributed by atoms with Crippen LogP contribution in [-0.4, -0.2) is 40.8 Å². The minimum absolute atomic E-state index is 0.173. The Labute approximate surface area is 122 Å². The summed E-state index contributed by atoms with van der Waals surface area (Å²) in [7, 11) is 0. The van der Waals surface area contributed by atoms with Crippen molar-refractivity contribution in [1.82, 2.24) is 4.90 Å². The number of nitrogens with zero attached hydrogens (tertiary/aromatic N) is 1. The maximum atomic E-state index is 10.5. The van der Waals surface area contributed by atoms with Crippen LogP contribution in [0.15, 0.2) is 24.3 Å². The van der Waals surface area contributed by atoms with Gasteiger partial charge in [0.1, 0.15) is 0 Å². The Morgan fingerprint density at radius 3 is 2.35 bits per heavy atom. The van der Waals surface area contributed by atoms with Crippen LogP contribution in [0.25, 0.3) is 0 Å². The van der Waals surface area contributed by atoms with Crippen LogP contribution in [0.1, 0.15) is 44.9 Å². The van der Waals surface area contributed by atoms with E-state index in [0.29, 0.717) is 6.54 Å². The van der Waals surface area contributed by atoms with Crippen molar-refractivity contribution < 1.29 is 9.84 Å². The van der Waals surface area contributed by atoms with E-state index in [1.54, 1.807) is 0 Å². The van der Waals surface area contributed by atoms with Gasteiger partial charge >= 0.3 is 0 Å². The van der Waals surface area contributed by atoms with Crippen molar-refractivity contribution in [3.63, 3.8) is 0 Å². The fourth-order valence-corrected chi connectivity index (χ4v) is 3.30. The lowest BCUT2D eigenvalue weighted by Crippen LogP contribution is -2.57. The molecule has 0 spiro atoms. The van der Waals surface area contributed by atoms with Gasteiger partial charge in [-0.05, 0) is 40.2 Å². The van der Waals surface area contributed by atoms with E-state index in [1.165, 1.54) is 5.56 Å². The summed E-state index contributed by atoms with van der Waals surface area (Å²) >= 11 is 0. The highest BCUT2D eigenvalue weighted by Gasteiger charge is 2.38. The normalized spacial score (nSPS) is 23.5. The highest BCUT2D eigenvalue weighted by Crippen LogP contribution is 2.29. The zero-order chi connectivity index (χ0) is 15.0. The van der Waals surface area contributed by atoms with Crippen LogP contribution >= 0.6 is 0 Å². The van der Waals surface area contributed by atoms with Crippen molar-refractivity contribution in [1.29, 1.82) is 0 Å². The molecule has 3 nitrogen and oxygen atoms in total. The van der Waals surface area contributed by atoms with E-state index in [1.807, 2.05) is 12.1 Å². The standard InChI is InChI=1S/C17H27NO2/c1-13-7-6-8-14(9-13)15(19)10-18-11-16(2,3)20-17(4,5)12-18/h6-9,15,19H,10-12H2,1-5H3. The van der Waals surface area contributed by atoms with Crippen LogP contribution < -0.4 is 0 Å². The predicted octanol–water partition coefficient (Wildman–Crippen LogP) is 2.92. The molecule has 1 fully saturated rings. The van der Waals surface area contributed by atoms with Gasteiger partial charge in [0, 0.05) is 19.6 Å². The Morgan fingerprint density at radius 2 is 1.80 bits per heavy atom. The molecule has 1 unspecified atom stereocenters. The Morgan fingerprint density at radius 1 is 1.20 bits per heavy atom. The molecule has 0 radical (unpaired) electrons. The second kappa shape index (κ2) is 5.47. The molecule has 1 aliphatic rings. The summed E-state index contributed by atoms with van der Waals surface area (Å²) in [6, 6.07) is 8.11. The van der Waals surface area contributed by atoms with Gasteiger partial charge in [-0.3, -0.25) is 4.90 Å². The predicted molar refractivity (Wildman–Crippen MR) is 81.8 cm³/mol. The van der Waals surface area contributed by atoms with Gasteiger partial charge in [0.05, 0.1) is 17.3 Å². The van der Waals surface area contributed by atoms with E-state index < -0.39 is 6.10 Å². The molecule has 1 aromatic carbocycles. The number of aryl methyl sites for hydroxylation is 1. The van der Waals surface area contributed by atoms with Crippen molar-refractivity contribution in [2.75, 3.05) is 19.6 Å². The monoisotopic (exact) mass is 277 g/mol. The van der Waals surface area contributed by atoms with Crippen molar-refractivity contribution in [3.05, 3.63) is 35.4 Å². The van der Waals surface area contributed by atoms with Crippen molar-refractivity contribution in [3.8, 4) is 0 Å². The summed E-state index contributed by atoms with van der Waals surface area (Å²) in [5, 5.41) is 10.5. The molecule has 112 valence electrons. The van der Waals surface area contributed by atoms with Crippen LogP contribution in [0.4, 0.5) is 0 Å². The minimum atomic E-state index is -0.445. The first-order valence-electron chi connectivity index (χ1n) is 7.34. The summed E-state index contributed by atoms with van der Waals surface area (Å²) in [4.78, 5) is 2.30. The van der Waals surface area contributed by atoms with Crippen molar-refractivity contribution in [2.24, 2.45) is 0 Å². The van der Waals surface area contributed by atoms with Gasteiger partial charge in [-0.15, -0.1) is 0 Å². The van der Waals surface area contributed by atoms with Gasteiger partial charge < -0.3 is 9.84 Å². The molecule has 1 saturated heterocycles. The van der Waals surface area contributed by atoms with Crippen LogP contribution in [0.2, 0.25) is 0 Å². The van der Waals surface area contributed by atoms with E-state index in [4.69, 9.17) is 4.74 Å². The first kappa shape index (κ1) is 15.5. The Kier molecular flexibility index (Phi) is 4.24. The molecule has 1 aliphatic heterocycles. The molecule has 0 aliphatic carbocycles. The molecule has 0 bridgehead atoms. The average molecular weight is 277 g/mol. The average Bonchev–Trinajstić information content (AvgIpc) is 2.24. The van der Waals surface area contributed by atoms with E-state index in [-0.39, 0.29) is 11.2 Å². The number of aliphatic hydroxyl groups is 1. The molecule has 2 rings (SSSR count). The highest BCUT2D eigenvalue weighted by atomic mass is 16.5. The number of ether oxygens (including phenoxy) is 1. The summed E-state index contributed by atoms with van der Waals surface area (Å²) in [6.45, 7) is 12.8. The Bertz CT molecular complexity index is 452. The highest BCUT2D eigenvalue weighted by molar-refractivity contribution is 5.24. The van der Waals surface area contributed by atoms with Crippen molar-refractivity contribution >= 4 is 0 Å². The quantitative estimate of drug-likeness (QED) is 0.922. The molecule has 3 heteroatoms. The number of benzene rings is 1. The molecular weight excluding hydrogens is 250 g/mol. The first-order valence-corrected chi connectivity index (χ1v) is 7.34. The number of rotatable bonds is 3. The zero-order valence-corrected chi connectivity index (χ0v) is 13.3. The molecule has 0 amide bonds. The lowest BCUT2D eigenvalue weighted by molar-refractivity contribution is -0.183. The molecule has 0 aromatic heterocycles. The lowest BCUT2D eigenvalue weighted by atomic mass is 9.97. The van der Waals surface area contributed by atoms with E-state index in [2.05, 4.69) is 51.7 Å². The van der Waals surface area contributed by atoms with Gasteiger partial charge in [0.2, 0.25) is 0 Å². The Balaban J connectivity index is 2.05. The molecular formula is C17H27NO2. The molecule has 1 atom stereocenters. The van der Waals surface area contributed by atoms with Gasteiger partial charge in [0.25, 0.3) is 0 Å². The second-order valence-electron chi connectivity index (χ2n) is 7.22. The fourth-order valence-electron chi connectivity index (χ4n) is 3.30. The molecule has 1 N–H and O–H groups in total. The number of aliphatic hydroxyl groups excluding tert-OH is 1. The maximum absolute atomic E-state index is 10.5. The molecule has 1 heterocycles. The zero-order valence-electron chi connectivity index (χ0n) is 13.3. The topological polar surface area (TPSA) is 32.7 Å². The number of hydrogen-bond donors (Lipinski definition) is 1. The second-order valence-corrected chi connectivity index (χ2v) is 7.22. The van der Waals surface area contributed by atoms with Crippen LogP contribution in [-0.2, 0) is 4.74 Å². The third-order valence-corrected chi connectivity index (χ3v) is 3.62. The van der Waals surface area contributed by atoms with Crippen LogP contribution in [0, 0.1) is 6.92 Å². The van der Waals surface area contributed by atoms with Gasteiger partial charge in [-0.25, -0.2) is 0 Å². The fraction of sp³-hybridized carbons (Fsp3) is 0.647. The lowest BCUT2D eigenvalue weighted by Gasteiger charge is -2.47. The van der Waals surface area contributed by atoms with Gasteiger partial charge in [0.15, 0.2) is 0 Å². The summed E-state index contributed by atoms with van der Waals surface area (Å²) in [5.74, 6) is 0. The maximum Gasteiger partial charge on any atom is 0.0917 e. The molecule has 0 saturated carbocycles. The molecule has 1 aromatic rings. The van der Waals surface area contributed by atoms with Crippen LogP contribution in [0.5, 0.6) is 0 Å². The summed E-state index contributed by atoms with van der Waals surface area (Å²) < 4.78 is 6.07. The number of β-amino-alcohol motifs (C(OH)–C–C–N with tert-alkyl or cyclic N) is 1. The van der Waals surface area contributed by atoms with E-state index in [0.717, 1.165) is 18.7 Å². The third-order valence-electron chi connectivity index (χ3n) is 3.62. The van der Waals surface area contributed by atoms with Crippen LogP contribution in [0.3, 0.4) is 0 Å². The van der Waals surface area contributed by atoms with Crippen molar-refractivity contribution in [2.45, 2.75) is 51.9 Å². The summed E-state index contributed by atoms with van der Waals surface area (Å²) in [6.07, 6.45) is -0.445. The smallest absolute Gasteiger partial charge is 0.0917 e. The number of hydrogen-bond acceptors (Lipinski definition) is 3. The third kappa shape index (κ3) is 4.05. The first-order chi connectivity index (χ1) is 9.17. The van der Waals surface area contributed by atoms with E-state index in [9.17, 15) is 5.11 Å². The van der Waals surface area contributed by atoms with Gasteiger partial charge in [-0.1, -0.05) is 29.8 Å². The van der Waals surface area contributed by atoms with E-state index >= 15 is 0 Å². The Hall–Kier alpha value is -0.900. The largest absolute Gasteiger partial charge is 0.387 e. The summed E-state index contributed by atoms with van der Waals surface area (Å²) in [5.41, 5.74) is 1.83.